The van der Waals surface area contributed by atoms with Gasteiger partial charge in [0.15, 0.2) is 0 Å². The van der Waals surface area contributed by atoms with E-state index >= 15 is 0 Å². The minimum atomic E-state index is -0.204. The molecule has 0 fully saturated rings. The first-order valence-corrected chi connectivity index (χ1v) is 7.96. The van der Waals surface area contributed by atoms with Gasteiger partial charge in [-0.05, 0) is 43.7 Å². The van der Waals surface area contributed by atoms with E-state index in [-0.39, 0.29) is 18.6 Å². The van der Waals surface area contributed by atoms with Crippen molar-refractivity contribution in [3.63, 3.8) is 0 Å². The molecule has 1 atom stereocenters. The number of aryl methyl sites for hydroxylation is 1. The van der Waals surface area contributed by atoms with Crippen LogP contribution in [-0.2, 0) is 6.42 Å². The van der Waals surface area contributed by atoms with Crippen molar-refractivity contribution in [3.05, 3.63) is 47.5 Å². The summed E-state index contributed by atoms with van der Waals surface area (Å²) in [7, 11) is 0. The fourth-order valence-electron chi connectivity index (χ4n) is 2.71. The van der Waals surface area contributed by atoms with E-state index in [2.05, 4.69) is 17.5 Å². The van der Waals surface area contributed by atoms with Crippen LogP contribution in [0.25, 0.3) is 0 Å². The Morgan fingerprint density at radius 3 is 2.76 bits per heavy atom. The zero-order valence-corrected chi connectivity index (χ0v) is 12.6. The lowest BCUT2D eigenvalue weighted by molar-refractivity contribution is 0.0916. The number of aliphatic hydroxyl groups is 1. The van der Waals surface area contributed by atoms with Crippen molar-refractivity contribution < 1.29 is 9.90 Å². The van der Waals surface area contributed by atoms with Crippen LogP contribution in [-0.4, -0.2) is 23.7 Å². The van der Waals surface area contributed by atoms with Crippen LogP contribution < -0.4 is 5.32 Å². The number of hydrogen-bond acceptors (Lipinski definition) is 2. The Kier molecular flexibility index (Phi) is 6.48. The van der Waals surface area contributed by atoms with Gasteiger partial charge in [0.05, 0.1) is 12.6 Å². The first-order valence-electron chi connectivity index (χ1n) is 7.96. The number of benzene rings is 1. The van der Waals surface area contributed by atoms with Gasteiger partial charge in [0, 0.05) is 5.56 Å². The molecule has 0 saturated heterocycles. The lowest BCUT2D eigenvalue weighted by atomic mass is 9.99. The third-order valence-corrected chi connectivity index (χ3v) is 3.97. The first-order chi connectivity index (χ1) is 10.3. The molecule has 21 heavy (non-hydrogen) atoms. The molecule has 0 bridgehead atoms. The molecule has 3 nitrogen and oxygen atoms in total. The topological polar surface area (TPSA) is 49.3 Å². The normalized spacial score (nSPS) is 22.7. The van der Waals surface area contributed by atoms with Crippen LogP contribution in [0.3, 0.4) is 0 Å². The number of hydrogen-bond donors (Lipinski definition) is 2. The van der Waals surface area contributed by atoms with Gasteiger partial charge in [-0.25, -0.2) is 0 Å². The summed E-state index contributed by atoms with van der Waals surface area (Å²) in [5.74, 6) is -0.0740. The van der Waals surface area contributed by atoms with Gasteiger partial charge in [0.25, 0.3) is 5.91 Å². The number of amides is 1. The molecule has 1 aromatic rings. The van der Waals surface area contributed by atoms with Crippen molar-refractivity contribution in [1.29, 1.82) is 0 Å². The highest BCUT2D eigenvalue weighted by atomic mass is 16.3. The fourth-order valence-corrected chi connectivity index (χ4v) is 2.71. The average molecular weight is 287 g/mol. The molecule has 2 rings (SSSR count). The smallest absolute Gasteiger partial charge is 0.251 e. The van der Waals surface area contributed by atoms with Gasteiger partial charge in [-0.3, -0.25) is 4.79 Å². The molecule has 1 heterocycles. The second-order valence-corrected chi connectivity index (χ2v) is 5.67. The second-order valence-electron chi connectivity index (χ2n) is 5.67. The molecule has 2 N–H and O–H groups in total. The monoisotopic (exact) mass is 287 g/mol. The van der Waals surface area contributed by atoms with E-state index in [1.54, 1.807) is 0 Å². The number of carbonyl (C=O) groups excluding carboxylic acids is 1. The summed E-state index contributed by atoms with van der Waals surface area (Å²) in [6.45, 7) is -0.0295. The molecule has 0 spiro atoms. The van der Waals surface area contributed by atoms with E-state index in [0.29, 0.717) is 6.42 Å². The molecular formula is C18H25NO2. The number of carbonyl (C=O) groups is 1. The van der Waals surface area contributed by atoms with Crippen molar-refractivity contribution in [2.45, 2.75) is 51.0 Å². The van der Waals surface area contributed by atoms with Crippen molar-refractivity contribution in [2.75, 3.05) is 6.61 Å². The first kappa shape index (κ1) is 15.8. The van der Waals surface area contributed by atoms with Crippen LogP contribution >= 0.6 is 0 Å². The number of nitrogens with one attached hydrogen (secondary N) is 1. The Morgan fingerprint density at radius 1 is 1.10 bits per heavy atom. The molecule has 114 valence electrons. The van der Waals surface area contributed by atoms with E-state index in [1.165, 1.54) is 19.3 Å². The summed E-state index contributed by atoms with van der Waals surface area (Å²) >= 11 is 0. The zero-order chi connectivity index (χ0) is 14.9. The van der Waals surface area contributed by atoms with E-state index in [1.807, 2.05) is 24.3 Å². The lowest BCUT2D eigenvalue weighted by Crippen LogP contribution is -2.37. The highest BCUT2D eigenvalue weighted by Gasteiger charge is 2.14. The predicted molar refractivity (Wildman–Crippen MR) is 85.3 cm³/mol. The maximum absolute atomic E-state index is 12.4. The Morgan fingerprint density at radius 2 is 1.90 bits per heavy atom. The van der Waals surface area contributed by atoms with E-state index in [0.717, 1.165) is 30.4 Å². The minimum Gasteiger partial charge on any atom is -0.394 e. The van der Waals surface area contributed by atoms with E-state index < -0.39 is 0 Å². The molecule has 3 heteroatoms. The molecule has 0 aliphatic carbocycles. The molecule has 1 aromatic carbocycles. The van der Waals surface area contributed by atoms with E-state index in [4.69, 9.17) is 0 Å². The Labute approximate surface area is 127 Å². The highest BCUT2D eigenvalue weighted by Crippen LogP contribution is 2.15. The minimum absolute atomic E-state index is 0.0295. The van der Waals surface area contributed by atoms with Gasteiger partial charge >= 0.3 is 0 Å². The largest absolute Gasteiger partial charge is 0.394 e. The summed E-state index contributed by atoms with van der Waals surface area (Å²) < 4.78 is 0. The quantitative estimate of drug-likeness (QED) is 0.779. The van der Waals surface area contributed by atoms with Crippen molar-refractivity contribution in [3.8, 4) is 0 Å². The molecule has 1 aliphatic rings. The second kappa shape index (κ2) is 8.63. The summed E-state index contributed by atoms with van der Waals surface area (Å²) in [6.07, 6.45) is 11.7. The lowest BCUT2D eigenvalue weighted by Gasteiger charge is -2.16. The zero-order valence-electron chi connectivity index (χ0n) is 12.6. The molecule has 1 aliphatic heterocycles. The number of aliphatic hydroxyl groups excluding tert-OH is 1. The van der Waals surface area contributed by atoms with Gasteiger partial charge in [-0.15, -0.1) is 0 Å². The van der Waals surface area contributed by atoms with Crippen molar-refractivity contribution in [2.24, 2.45) is 0 Å². The maximum Gasteiger partial charge on any atom is 0.251 e. The Bertz CT molecular complexity index is 482. The number of fused-ring (bicyclic) bond motifs is 1. The number of rotatable bonds is 1. The Balaban J connectivity index is 2.15. The van der Waals surface area contributed by atoms with E-state index in [9.17, 15) is 9.90 Å². The third-order valence-electron chi connectivity index (χ3n) is 3.97. The molecule has 1 amide bonds. The molecule has 0 unspecified atom stereocenters. The third kappa shape index (κ3) is 5.01. The predicted octanol–water partition coefficient (Wildman–Crippen LogP) is 3.23. The molecule has 0 aromatic heterocycles. The summed E-state index contributed by atoms with van der Waals surface area (Å²) in [6, 6.07) is 7.59. The van der Waals surface area contributed by atoms with Crippen LogP contribution in [0.2, 0.25) is 0 Å². The standard InChI is InChI=1S/C18H25NO2/c20-14-16-12-7-5-3-1-2-4-6-10-15-11-8-9-13-17(15)18(21)19-16/h5,7-9,11,13,16,20H,1-4,6,10,12,14H2,(H,19,21)/b7-5-/t16-/m0/s1. The van der Waals surface area contributed by atoms with Gasteiger partial charge < -0.3 is 10.4 Å². The molecule has 0 saturated carbocycles. The molecular weight excluding hydrogens is 262 g/mol. The maximum atomic E-state index is 12.4. The van der Waals surface area contributed by atoms with Crippen LogP contribution in [0.1, 0.15) is 54.4 Å². The highest BCUT2D eigenvalue weighted by molar-refractivity contribution is 5.95. The Hall–Kier alpha value is -1.61. The van der Waals surface area contributed by atoms with Crippen LogP contribution in [0, 0.1) is 0 Å². The van der Waals surface area contributed by atoms with Crippen molar-refractivity contribution in [1.82, 2.24) is 5.32 Å². The average Bonchev–Trinajstić information content (AvgIpc) is 2.51. The van der Waals surface area contributed by atoms with Crippen LogP contribution in [0.15, 0.2) is 36.4 Å². The number of allylic oxidation sites excluding steroid dienone is 1. The van der Waals surface area contributed by atoms with Gasteiger partial charge in [-0.2, -0.15) is 0 Å². The SMILES string of the molecule is O=C1N[C@H](CO)C/C=C\CCCCCCc2ccccc21. The summed E-state index contributed by atoms with van der Waals surface area (Å²) in [5.41, 5.74) is 1.86. The van der Waals surface area contributed by atoms with Gasteiger partial charge in [-0.1, -0.05) is 43.2 Å². The summed E-state index contributed by atoms with van der Waals surface area (Å²) in [5, 5.41) is 12.4. The van der Waals surface area contributed by atoms with Crippen LogP contribution in [0.4, 0.5) is 0 Å². The molecule has 0 radical (unpaired) electrons. The van der Waals surface area contributed by atoms with Crippen molar-refractivity contribution >= 4 is 5.91 Å². The van der Waals surface area contributed by atoms with Gasteiger partial charge in [0.1, 0.15) is 0 Å². The fraction of sp³-hybridized carbons (Fsp3) is 0.500. The summed E-state index contributed by atoms with van der Waals surface area (Å²) in [4.78, 5) is 12.4. The van der Waals surface area contributed by atoms with Crippen LogP contribution in [0.5, 0.6) is 0 Å². The van der Waals surface area contributed by atoms with Gasteiger partial charge in [0.2, 0.25) is 0 Å².